The van der Waals surface area contributed by atoms with Gasteiger partial charge in [-0.3, -0.25) is 19.0 Å². The van der Waals surface area contributed by atoms with Crippen LogP contribution in [0, 0.1) is 45.2 Å². The van der Waals surface area contributed by atoms with E-state index in [4.69, 9.17) is 10.2 Å². The summed E-state index contributed by atoms with van der Waals surface area (Å²) in [6.07, 6.45) is -0.399. The van der Waals surface area contributed by atoms with E-state index in [1.54, 1.807) is 76.2 Å². The van der Waals surface area contributed by atoms with Crippen LogP contribution in [0.2, 0.25) is 5.21 Å². The molecule has 0 fully saturated rings. The number of benzene rings is 4. The molecule has 0 aliphatic rings. The van der Waals surface area contributed by atoms with Crippen LogP contribution < -0.4 is 5.32 Å². The zero-order valence-corrected chi connectivity index (χ0v) is 36.6. The molecular formula is C46H45AsF2N3O10. The van der Waals surface area contributed by atoms with Gasteiger partial charge in [-0.2, -0.15) is 0 Å². The Bertz CT molecular complexity index is 2740. The summed E-state index contributed by atoms with van der Waals surface area (Å²) in [6.45, 7) is 10.3. The molecule has 13 nitrogen and oxygen atoms in total. The Morgan fingerprint density at radius 2 is 1.08 bits per heavy atom. The first kappa shape index (κ1) is 46.5. The van der Waals surface area contributed by atoms with Crippen LogP contribution >= 0.6 is 0 Å². The van der Waals surface area contributed by atoms with Crippen LogP contribution in [-0.4, -0.2) is 85.6 Å². The van der Waals surface area contributed by atoms with Crippen LogP contribution in [0.4, 0.5) is 8.78 Å². The summed E-state index contributed by atoms with van der Waals surface area (Å²) in [7, 11) is 0. The molecule has 6 aromatic rings. The molecule has 1 amide bonds. The van der Waals surface area contributed by atoms with E-state index in [2.05, 4.69) is 5.32 Å². The minimum absolute atomic E-state index is 0.00603. The van der Waals surface area contributed by atoms with Gasteiger partial charge >= 0.3 is 191 Å². The van der Waals surface area contributed by atoms with Crippen LogP contribution in [0.1, 0.15) is 74.6 Å². The van der Waals surface area contributed by atoms with E-state index in [0.29, 0.717) is 49.6 Å². The topological polar surface area (TPSA) is 205 Å². The second-order valence-electron chi connectivity index (χ2n) is 15.2. The fraction of sp³-hybridized carbons (Fsp3) is 0.261. The van der Waals surface area contributed by atoms with Crippen molar-refractivity contribution in [2.75, 3.05) is 0 Å². The number of hydrogen-bond acceptors (Lipinski definition) is 8. The predicted octanol–water partition coefficient (Wildman–Crippen LogP) is 7.02. The molecular weight excluding hydrogens is 867 g/mol. The number of fused-ring (bicyclic) bond motifs is 2. The zero-order chi connectivity index (χ0) is 45.7. The fourth-order valence-electron chi connectivity index (χ4n) is 6.92. The molecule has 1 radical (unpaired) electrons. The number of aryl methyl sites for hydroxylation is 2. The molecule has 6 rings (SSSR count). The number of carbonyl (C=O) groups is 6. The maximum atomic E-state index is 14.1. The third-order valence-electron chi connectivity index (χ3n) is 10.3. The van der Waals surface area contributed by atoms with Gasteiger partial charge in [-0.1, -0.05) is 17.7 Å². The van der Waals surface area contributed by atoms with Gasteiger partial charge in [0.1, 0.15) is 0 Å². The van der Waals surface area contributed by atoms with Gasteiger partial charge < -0.3 is 15.5 Å². The number of phenolic OH excluding ortho intramolecular Hbond substituents is 2. The van der Waals surface area contributed by atoms with Crippen molar-refractivity contribution in [1.29, 1.82) is 0 Å². The third-order valence-corrected chi connectivity index (χ3v) is 12.9. The summed E-state index contributed by atoms with van der Waals surface area (Å²) in [5.74, 6) is -6.67. The van der Waals surface area contributed by atoms with Crippen molar-refractivity contribution in [1.82, 2.24) is 14.5 Å². The van der Waals surface area contributed by atoms with E-state index in [0.717, 1.165) is 23.3 Å². The molecule has 0 saturated carbocycles. The van der Waals surface area contributed by atoms with Crippen molar-refractivity contribution in [2.45, 2.75) is 72.1 Å². The summed E-state index contributed by atoms with van der Waals surface area (Å²) < 4.78 is 30.9. The Hall–Kier alpha value is -6.60. The zero-order valence-electron chi connectivity index (χ0n) is 34.7. The molecule has 2 atom stereocenters. The number of carboxylic acids is 2. The van der Waals surface area contributed by atoms with Crippen molar-refractivity contribution in [3.8, 4) is 11.5 Å². The number of hydrogen-bond donors (Lipinski definition) is 5. The number of rotatable bonds is 13. The molecule has 323 valence electrons. The third kappa shape index (κ3) is 10.5. The van der Waals surface area contributed by atoms with Crippen molar-refractivity contribution < 1.29 is 58.0 Å². The number of carboxylic acid groups (broad SMARTS) is 2. The first-order chi connectivity index (χ1) is 29.2. The van der Waals surface area contributed by atoms with Gasteiger partial charge in [0.25, 0.3) is 5.91 Å². The van der Waals surface area contributed by atoms with E-state index in [9.17, 15) is 47.8 Å². The van der Waals surface area contributed by atoms with Gasteiger partial charge in [0.2, 0.25) is 5.91 Å². The number of nitrogens with zero attached hydrogens (tertiary/aromatic N) is 2. The Balaban J connectivity index is 0.000000234. The number of phenols is 2. The number of halogens is 2. The molecule has 0 saturated heterocycles. The monoisotopic (exact) mass is 912 g/mol. The predicted molar refractivity (Wildman–Crippen MR) is 228 cm³/mol. The minimum atomic E-state index is -1.04. The van der Waals surface area contributed by atoms with Gasteiger partial charge in [-0.15, -0.1) is 0 Å². The van der Waals surface area contributed by atoms with Crippen molar-refractivity contribution in [3.05, 3.63) is 129 Å². The van der Waals surface area contributed by atoms with Crippen LogP contribution in [-0.2, 0) is 32.0 Å². The second kappa shape index (κ2) is 19.4. The first-order valence-electron chi connectivity index (χ1n) is 19.4. The Morgan fingerprint density at radius 3 is 1.48 bits per heavy atom. The summed E-state index contributed by atoms with van der Waals surface area (Å²) in [6, 6.07) is 17.9. The molecule has 2 heterocycles. The van der Waals surface area contributed by atoms with Crippen molar-refractivity contribution >= 4 is 71.8 Å². The summed E-state index contributed by atoms with van der Waals surface area (Å²) >= 11 is -0.865. The molecule has 0 spiro atoms. The molecule has 0 aliphatic heterocycles. The normalized spacial score (nSPS) is 12.3. The first-order valence-corrected chi connectivity index (χ1v) is 21.7. The standard InChI is InChI=1S/C23H22AsFNO5.C23H23FN2O5/c1-12-4-6-15(7-5-12)22(29)26-14(3)16(9-21(28)24-11-13(2)23(30)31)17-8-20(27)18(25)10-19(17)26;1-12-4-6-15(7-5-12)23(31)26-14(3)16(10-21(28)25-13(2)8-22(29)30)17-9-20(27)18(24)11-19(17)26/h4-8,10,13,27H,9,11H2,1-3H3,(H,30,31);4-7,9,11,13,27H,8,10H2,1-3H3,(H,25,28)(H,29,30). The molecule has 2 unspecified atom stereocenters. The number of nitrogens with one attached hydrogen (secondary N) is 1. The molecule has 5 N–H and O–H groups in total. The molecule has 4 aromatic carbocycles. The van der Waals surface area contributed by atoms with Crippen LogP contribution in [0.25, 0.3) is 21.8 Å². The molecule has 16 heteroatoms. The molecule has 2 aromatic heterocycles. The maximum absolute atomic E-state index is 14.1. The Morgan fingerprint density at radius 1 is 0.661 bits per heavy atom. The summed E-state index contributed by atoms with van der Waals surface area (Å²) in [5.41, 5.74) is 5.21. The molecule has 0 aliphatic carbocycles. The quantitative estimate of drug-likeness (QED) is 0.0750. The van der Waals surface area contributed by atoms with E-state index in [1.165, 1.54) is 21.3 Å². The number of amides is 1. The fourth-order valence-corrected chi connectivity index (χ4v) is 8.82. The van der Waals surface area contributed by atoms with E-state index < -0.39 is 74.6 Å². The van der Waals surface area contributed by atoms with Crippen LogP contribution in [0.5, 0.6) is 11.5 Å². The molecule has 0 bridgehead atoms. The van der Waals surface area contributed by atoms with E-state index >= 15 is 0 Å². The average Bonchev–Trinajstić information content (AvgIpc) is 3.60. The number of aromatic nitrogens is 2. The Kier molecular flexibility index (Phi) is 14.5. The SMILES string of the molecule is Cc1ccc(C(=O)n2c(C)c(CC(=O)NC(C)CC(=O)O)c3cc(O)c(F)cc32)cc1.Cc1ccc(C(=O)n2c(C)c(CC(=O)[As]CC(C)C(=O)O)c3cc(O)c(F)cc32)cc1. The molecule has 62 heavy (non-hydrogen) atoms. The van der Waals surface area contributed by atoms with Gasteiger partial charge in [0, 0.05) is 28.8 Å². The summed E-state index contributed by atoms with van der Waals surface area (Å²) in [5, 5.41) is 41.3. The van der Waals surface area contributed by atoms with Crippen LogP contribution in [0.15, 0.2) is 72.8 Å². The summed E-state index contributed by atoms with van der Waals surface area (Å²) in [4.78, 5) is 73.3. The second-order valence-corrected chi connectivity index (χ2v) is 17.7. The van der Waals surface area contributed by atoms with E-state index in [-0.39, 0.29) is 40.8 Å². The number of carbonyl (C=O) groups excluding carboxylic acids is 4. The van der Waals surface area contributed by atoms with Crippen molar-refractivity contribution in [2.24, 2.45) is 5.92 Å². The average molecular weight is 913 g/mol. The number of aromatic hydroxyl groups is 2. The van der Waals surface area contributed by atoms with E-state index in [1.807, 2.05) is 13.8 Å². The van der Waals surface area contributed by atoms with Crippen LogP contribution in [0.3, 0.4) is 0 Å². The number of aliphatic carboxylic acids is 2. The Labute approximate surface area is 361 Å². The van der Waals surface area contributed by atoms with Gasteiger partial charge in [0.15, 0.2) is 11.6 Å². The van der Waals surface area contributed by atoms with Gasteiger partial charge in [0.05, 0.1) is 18.4 Å². The van der Waals surface area contributed by atoms with Gasteiger partial charge in [-0.25, -0.2) is 4.39 Å². The van der Waals surface area contributed by atoms with Gasteiger partial charge in [-0.05, 0) is 44.5 Å². The van der Waals surface area contributed by atoms with Crippen molar-refractivity contribution in [3.63, 3.8) is 0 Å².